The number of benzene rings is 2. The van der Waals surface area contributed by atoms with Crippen molar-refractivity contribution < 1.29 is 9.84 Å². The molecule has 138 valence electrons. The van der Waals surface area contributed by atoms with Gasteiger partial charge in [-0.15, -0.1) is 0 Å². The predicted octanol–water partition coefficient (Wildman–Crippen LogP) is 4.96. The summed E-state index contributed by atoms with van der Waals surface area (Å²) in [6.07, 6.45) is 4.06. The molecule has 0 bridgehead atoms. The number of aromatic hydroxyl groups is 1. The first kappa shape index (κ1) is 19.0. The third kappa shape index (κ3) is 4.50. The standard InChI is InChI=1S/C20H22Cl2N2O2/c1-26-17-6-4-14(5-7-17)19(24-8-2-3-9-24)13-23-12-15-10-16(21)11-18(22)20(15)25/h4-7,10-12,19,25H,2-3,8-9,13H2,1H3/t19-/m1/s1. The number of nitrogens with zero attached hydrogens (tertiary/aromatic N) is 2. The zero-order valence-corrected chi connectivity index (χ0v) is 16.2. The minimum Gasteiger partial charge on any atom is -0.506 e. The summed E-state index contributed by atoms with van der Waals surface area (Å²) in [6.45, 7) is 2.73. The summed E-state index contributed by atoms with van der Waals surface area (Å²) >= 11 is 12.0. The Morgan fingerprint density at radius 2 is 1.88 bits per heavy atom. The van der Waals surface area contributed by atoms with Crippen LogP contribution >= 0.6 is 23.2 Å². The van der Waals surface area contributed by atoms with E-state index in [9.17, 15) is 5.11 Å². The molecule has 1 saturated heterocycles. The Hall–Kier alpha value is -1.75. The van der Waals surface area contributed by atoms with Gasteiger partial charge in [0, 0.05) is 16.8 Å². The van der Waals surface area contributed by atoms with E-state index < -0.39 is 0 Å². The second kappa shape index (κ2) is 8.76. The van der Waals surface area contributed by atoms with Crippen LogP contribution in [0.3, 0.4) is 0 Å². The molecule has 4 nitrogen and oxygen atoms in total. The van der Waals surface area contributed by atoms with Crippen LogP contribution in [0.1, 0.15) is 30.0 Å². The van der Waals surface area contributed by atoms with Crippen molar-refractivity contribution in [1.82, 2.24) is 4.90 Å². The summed E-state index contributed by atoms with van der Waals surface area (Å²) in [5.41, 5.74) is 1.73. The molecule has 0 radical (unpaired) electrons. The average Bonchev–Trinajstić information content (AvgIpc) is 3.17. The fraction of sp³-hybridized carbons (Fsp3) is 0.350. The lowest BCUT2D eigenvalue weighted by atomic mass is 10.1. The van der Waals surface area contributed by atoms with E-state index in [-0.39, 0.29) is 16.8 Å². The van der Waals surface area contributed by atoms with E-state index in [1.54, 1.807) is 19.4 Å². The molecule has 1 atom stereocenters. The third-order valence-corrected chi connectivity index (χ3v) is 5.15. The van der Waals surface area contributed by atoms with E-state index in [0.717, 1.165) is 18.8 Å². The maximum absolute atomic E-state index is 10.1. The quantitative estimate of drug-likeness (QED) is 0.706. The van der Waals surface area contributed by atoms with Crippen LogP contribution in [0.5, 0.6) is 11.5 Å². The summed E-state index contributed by atoms with van der Waals surface area (Å²) in [5, 5.41) is 10.8. The molecule has 6 heteroatoms. The maximum Gasteiger partial charge on any atom is 0.143 e. The number of phenolic OH excluding ortho intramolecular Hbond substituents is 1. The van der Waals surface area contributed by atoms with Gasteiger partial charge in [-0.1, -0.05) is 35.3 Å². The van der Waals surface area contributed by atoms with Gasteiger partial charge >= 0.3 is 0 Å². The van der Waals surface area contributed by atoms with Crippen molar-refractivity contribution in [3.63, 3.8) is 0 Å². The van der Waals surface area contributed by atoms with E-state index in [0.29, 0.717) is 17.1 Å². The normalized spacial score (nSPS) is 16.3. The number of rotatable bonds is 6. The highest BCUT2D eigenvalue weighted by molar-refractivity contribution is 6.36. The topological polar surface area (TPSA) is 45.1 Å². The number of hydrogen-bond donors (Lipinski definition) is 1. The van der Waals surface area contributed by atoms with Crippen LogP contribution in [0.15, 0.2) is 41.4 Å². The molecular formula is C20H22Cl2N2O2. The molecule has 26 heavy (non-hydrogen) atoms. The van der Waals surface area contributed by atoms with Crippen molar-refractivity contribution in [2.75, 3.05) is 26.7 Å². The molecule has 1 fully saturated rings. The van der Waals surface area contributed by atoms with Crippen LogP contribution in [0, 0.1) is 0 Å². The Kier molecular flexibility index (Phi) is 6.41. The summed E-state index contributed by atoms with van der Waals surface area (Å²) < 4.78 is 5.25. The summed E-state index contributed by atoms with van der Waals surface area (Å²) in [4.78, 5) is 7.02. The fourth-order valence-corrected chi connectivity index (χ4v) is 3.76. The average molecular weight is 393 g/mol. The van der Waals surface area contributed by atoms with Gasteiger partial charge in [0.2, 0.25) is 0 Å². The molecule has 1 aliphatic heterocycles. The first-order valence-corrected chi connectivity index (χ1v) is 9.40. The Balaban J connectivity index is 1.79. The number of aliphatic imine (C=N–C) groups is 1. The number of likely N-dealkylation sites (tertiary alicyclic amines) is 1. The van der Waals surface area contributed by atoms with E-state index in [1.165, 1.54) is 24.5 Å². The van der Waals surface area contributed by atoms with E-state index in [2.05, 4.69) is 22.0 Å². The van der Waals surface area contributed by atoms with Gasteiger partial charge in [-0.05, 0) is 55.8 Å². The van der Waals surface area contributed by atoms with E-state index >= 15 is 0 Å². The van der Waals surface area contributed by atoms with Crippen molar-refractivity contribution in [3.8, 4) is 11.5 Å². The lowest BCUT2D eigenvalue weighted by Gasteiger charge is -2.26. The number of hydrogen-bond acceptors (Lipinski definition) is 4. The minimum absolute atomic E-state index is 0.00184. The van der Waals surface area contributed by atoms with E-state index in [4.69, 9.17) is 27.9 Å². The highest BCUT2D eigenvalue weighted by atomic mass is 35.5. The third-order valence-electron chi connectivity index (χ3n) is 4.65. The van der Waals surface area contributed by atoms with Crippen LogP contribution in [0.2, 0.25) is 10.0 Å². The lowest BCUT2D eigenvalue weighted by molar-refractivity contribution is 0.252. The SMILES string of the molecule is COc1ccc([C@@H](CN=Cc2cc(Cl)cc(Cl)c2O)N2CCCC2)cc1. The van der Waals surface area contributed by atoms with Gasteiger partial charge in [-0.25, -0.2) is 0 Å². The molecule has 2 aromatic carbocycles. The van der Waals surface area contributed by atoms with Gasteiger partial charge in [-0.3, -0.25) is 9.89 Å². The zero-order chi connectivity index (χ0) is 18.5. The first-order valence-electron chi connectivity index (χ1n) is 8.64. The Labute approximate surface area is 164 Å². The van der Waals surface area contributed by atoms with Crippen molar-refractivity contribution in [2.24, 2.45) is 4.99 Å². The molecule has 1 heterocycles. The molecule has 0 aromatic heterocycles. The molecule has 1 aliphatic rings. The largest absolute Gasteiger partial charge is 0.506 e. The molecule has 0 spiro atoms. The van der Waals surface area contributed by atoms with Crippen molar-refractivity contribution in [1.29, 1.82) is 0 Å². The summed E-state index contributed by atoms with van der Waals surface area (Å²) in [7, 11) is 1.67. The number of phenols is 1. The molecule has 0 saturated carbocycles. The van der Waals surface area contributed by atoms with Crippen LogP contribution < -0.4 is 4.74 Å². The second-order valence-electron chi connectivity index (χ2n) is 6.35. The highest BCUT2D eigenvalue weighted by Gasteiger charge is 2.23. The fourth-order valence-electron chi connectivity index (χ4n) is 3.25. The Morgan fingerprint density at radius 1 is 1.19 bits per heavy atom. The smallest absolute Gasteiger partial charge is 0.143 e. The second-order valence-corrected chi connectivity index (χ2v) is 7.20. The Bertz CT molecular complexity index is 772. The number of ether oxygens (including phenoxy) is 1. The molecule has 2 aromatic rings. The van der Waals surface area contributed by atoms with Gasteiger partial charge < -0.3 is 9.84 Å². The van der Waals surface area contributed by atoms with Crippen LogP contribution in [-0.2, 0) is 0 Å². The van der Waals surface area contributed by atoms with Gasteiger partial charge in [0.1, 0.15) is 11.5 Å². The van der Waals surface area contributed by atoms with Gasteiger partial charge in [0.25, 0.3) is 0 Å². The molecule has 0 amide bonds. The van der Waals surface area contributed by atoms with Crippen molar-refractivity contribution in [2.45, 2.75) is 18.9 Å². The predicted molar refractivity (Wildman–Crippen MR) is 107 cm³/mol. The van der Waals surface area contributed by atoms with Crippen molar-refractivity contribution in [3.05, 3.63) is 57.6 Å². The van der Waals surface area contributed by atoms with Gasteiger partial charge in [-0.2, -0.15) is 0 Å². The van der Waals surface area contributed by atoms with Gasteiger partial charge in [0.05, 0.1) is 24.7 Å². The maximum atomic E-state index is 10.1. The molecule has 3 rings (SSSR count). The van der Waals surface area contributed by atoms with Crippen molar-refractivity contribution >= 4 is 29.4 Å². The van der Waals surface area contributed by atoms with Gasteiger partial charge in [0.15, 0.2) is 0 Å². The Morgan fingerprint density at radius 3 is 2.54 bits per heavy atom. The molecular weight excluding hydrogens is 371 g/mol. The molecule has 1 N–H and O–H groups in total. The number of methoxy groups -OCH3 is 1. The molecule has 0 unspecified atom stereocenters. The van der Waals surface area contributed by atoms with Crippen LogP contribution in [0.25, 0.3) is 0 Å². The lowest BCUT2D eigenvalue weighted by Crippen LogP contribution is -2.27. The molecule has 0 aliphatic carbocycles. The monoisotopic (exact) mass is 392 g/mol. The zero-order valence-electron chi connectivity index (χ0n) is 14.7. The summed E-state index contributed by atoms with van der Waals surface area (Å²) in [5.74, 6) is 0.845. The number of halogens is 2. The first-order chi connectivity index (χ1) is 12.6. The summed E-state index contributed by atoms with van der Waals surface area (Å²) in [6, 6.07) is 11.5. The van der Waals surface area contributed by atoms with E-state index in [1.807, 2.05) is 12.1 Å². The highest BCUT2D eigenvalue weighted by Crippen LogP contribution is 2.31. The van der Waals surface area contributed by atoms with Crippen LogP contribution in [0.4, 0.5) is 0 Å². The minimum atomic E-state index is 0.00184. The van der Waals surface area contributed by atoms with Crippen LogP contribution in [-0.4, -0.2) is 43.0 Å².